The van der Waals surface area contributed by atoms with Crippen LogP contribution in [0.1, 0.15) is 32.8 Å². The molecule has 0 unspecified atom stereocenters. The lowest BCUT2D eigenvalue weighted by molar-refractivity contribution is 0.0904. The molecule has 25 heavy (non-hydrogen) atoms. The third-order valence-corrected chi connectivity index (χ3v) is 4.66. The molecule has 5 heteroatoms. The second-order valence-electron chi connectivity index (χ2n) is 6.26. The summed E-state index contributed by atoms with van der Waals surface area (Å²) in [6.45, 7) is 0.818. The van der Waals surface area contributed by atoms with Crippen molar-refractivity contribution in [3.8, 4) is 0 Å². The molecule has 0 spiro atoms. The van der Waals surface area contributed by atoms with Gasteiger partial charge in [-0.25, -0.2) is 4.39 Å². The van der Waals surface area contributed by atoms with E-state index in [9.17, 15) is 14.0 Å². The number of ketones is 1. The average Bonchev–Trinajstić information content (AvgIpc) is 3.22. The highest BCUT2D eigenvalue weighted by Crippen LogP contribution is 2.22. The maximum atomic E-state index is 13.9. The van der Waals surface area contributed by atoms with Crippen LogP contribution in [-0.2, 0) is 13.0 Å². The van der Waals surface area contributed by atoms with E-state index < -0.39 is 0 Å². The third kappa shape index (κ3) is 2.82. The van der Waals surface area contributed by atoms with E-state index in [2.05, 4.69) is 9.88 Å². The van der Waals surface area contributed by atoms with Crippen molar-refractivity contribution in [1.82, 2.24) is 9.88 Å². The number of nitrogens with one attached hydrogen (secondary N) is 1. The number of carbonyl (C=O) groups is 2. The van der Waals surface area contributed by atoms with Gasteiger partial charge in [0.2, 0.25) is 0 Å². The molecule has 1 aliphatic rings. The Morgan fingerprint density at radius 2 is 1.92 bits per heavy atom. The van der Waals surface area contributed by atoms with Gasteiger partial charge in [0.1, 0.15) is 5.82 Å². The second kappa shape index (κ2) is 6.16. The molecule has 4 nitrogen and oxygen atoms in total. The highest BCUT2D eigenvalue weighted by atomic mass is 19.1. The standard InChI is InChI=1S/C20H17FN2O2/c21-18-8-7-17(15-5-1-2-6-16(15)18)19(24)11-22-20(25)13-10-14-4-3-9-23(14)12-13/h1-2,5-8,10,12H,3-4,9,11H2,(H,22,25). The Bertz CT molecular complexity index is 969. The van der Waals surface area contributed by atoms with Gasteiger partial charge in [0.25, 0.3) is 5.91 Å². The quantitative estimate of drug-likeness (QED) is 0.743. The number of halogens is 1. The predicted molar refractivity (Wildman–Crippen MR) is 93.3 cm³/mol. The molecule has 1 amide bonds. The van der Waals surface area contributed by atoms with Gasteiger partial charge in [-0.15, -0.1) is 0 Å². The first kappa shape index (κ1) is 15.6. The van der Waals surface area contributed by atoms with Gasteiger partial charge in [-0.2, -0.15) is 0 Å². The Labute approximate surface area is 144 Å². The molecule has 0 bridgehead atoms. The number of nitrogens with zero attached hydrogens (tertiary/aromatic N) is 1. The van der Waals surface area contributed by atoms with Gasteiger partial charge >= 0.3 is 0 Å². The van der Waals surface area contributed by atoms with Crippen molar-refractivity contribution in [2.75, 3.05) is 6.54 Å². The van der Waals surface area contributed by atoms with Crippen LogP contribution in [0.2, 0.25) is 0 Å². The topological polar surface area (TPSA) is 51.1 Å². The maximum absolute atomic E-state index is 13.9. The fourth-order valence-electron chi connectivity index (χ4n) is 3.39. The van der Waals surface area contributed by atoms with E-state index in [-0.39, 0.29) is 24.1 Å². The van der Waals surface area contributed by atoms with Crippen molar-refractivity contribution in [2.24, 2.45) is 0 Å². The third-order valence-electron chi connectivity index (χ3n) is 4.66. The highest BCUT2D eigenvalue weighted by molar-refractivity contribution is 6.10. The molecule has 0 saturated carbocycles. The minimum atomic E-state index is -0.362. The van der Waals surface area contributed by atoms with E-state index in [0.29, 0.717) is 21.9 Å². The van der Waals surface area contributed by atoms with Gasteiger partial charge in [0.15, 0.2) is 5.78 Å². The van der Waals surface area contributed by atoms with Gasteiger partial charge < -0.3 is 9.88 Å². The summed E-state index contributed by atoms with van der Waals surface area (Å²) in [6, 6.07) is 11.5. The summed E-state index contributed by atoms with van der Waals surface area (Å²) >= 11 is 0. The largest absolute Gasteiger partial charge is 0.351 e. The Kier molecular flexibility index (Phi) is 3.84. The lowest BCUT2D eigenvalue weighted by Crippen LogP contribution is -2.29. The molecular weight excluding hydrogens is 319 g/mol. The van der Waals surface area contributed by atoms with Gasteiger partial charge in [0, 0.05) is 29.4 Å². The van der Waals surface area contributed by atoms with E-state index >= 15 is 0 Å². The van der Waals surface area contributed by atoms with Crippen molar-refractivity contribution >= 4 is 22.5 Å². The summed E-state index contributed by atoms with van der Waals surface area (Å²) < 4.78 is 15.9. The minimum absolute atomic E-state index is 0.116. The molecule has 1 N–H and O–H groups in total. The zero-order chi connectivity index (χ0) is 17.4. The van der Waals surface area contributed by atoms with Gasteiger partial charge in [-0.1, -0.05) is 24.3 Å². The zero-order valence-corrected chi connectivity index (χ0v) is 13.6. The number of hydrogen-bond donors (Lipinski definition) is 1. The molecule has 0 aliphatic carbocycles. The van der Waals surface area contributed by atoms with E-state index in [4.69, 9.17) is 0 Å². The Balaban J connectivity index is 1.50. The molecule has 0 radical (unpaired) electrons. The van der Waals surface area contributed by atoms with Gasteiger partial charge in [-0.05, 0) is 36.4 Å². The summed E-state index contributed by atoms with van der Waals surface area (Å²) in [6.07, 6.45) is 3.91. The van der Waals surface area contributed by atoms with Crippen LogP contribution in [-0.4, -0.2) is 22.8 Å². The van der Waals surface area contributed by atoms with Crippen LogP contribution in [0.25, 0.3) is 10.8 Å². The summed E-state index contributed by atoms with van der Waals surface area (Å²) in [7, 11) is 0. The number of rotatable bonds is 4. The van der Waals surface area contributed by atoms with Crippen LogP contribution in [0.3, 0.4) is 0 Å². The molecule has 1 aromatic heterocycles. The van der Waals surface area contributed by atoms with Crippen LogP contribution in [0.15, 0.2) is 48.7 Å². The highest BCUT2D eigenvalue weighted by Gasteiger charge is 2.17. The Morgan fingerprint density at radius 3 is 2.72 bits per heavy atom. The van der Waals surface area contributed by atoms with Crippen LogP contribution in [0.5, 0.6) is 0 Å². The van der Waals surface area contributed by atoms with Crippen LogP contribution in [0, 0.1) is 5.82 Å². The molecule has 2 heterocycles. The lowest BCUT2D eigenvalue weighted by atomic mass is 10.0. The molecular formula is C20H17FN2O2. The van der Waals surface area contributed by atoms with Crippen molar-refractivity contribution in [3.05, 3.63) is 71.3 Å². The molecule has 2 aromatic carbocycles. The minimum Gasteiger partial charge on any atom is -0.351 e. The van der Waals surface area contributed by atoms with E-state index in [1.54, 1.807) is 24.3 Å². The number of benzene rings is 2. The van der Waals surface area contributed by atoms with E-state index in [1.807, 2.05) is 12.3 Å². The molecule has 1 aliphatic heterocycles. The summed E-state index contributed by atoms with van der Waals surface area (Å²) in [5.41, 5.74) is 2.14. The van der Waals surface area contributed by atoms with Crippen molar-refractivity contribution in [1.29, 1.82) is 0 Å². The van der Waals surface area contributed by atoms with Crippen LogP contribution >= 0.6 is 0 Å². The number of aryl methyl sites for hydroxylation is 2. The van der Waals surface area contributed by atoms with E-state index in [1.165, 1.54) is 12.1 Å². The second-order valence-corrected chi connectivity index (χ2v) is 6.26. The average molecular weight is 336 g/mol. The number of fused-ring (bicyclic) bond motifs is 2. The smallest absolute Gasteiger partial charge is 0.253 e. The summed E-state index contributed by atoms with van der Waals surface area (Å²) in [5, 5.41) is 3.64. The molecule has 0 atom stereocenters. The number of aromatic nitrogens is 1. The van der Waals surface area contributed by atoms with Crippen molar-refractivity contribution in [3.63, 3.8) is 0 Å². The molecule has 126 valence electrons. The van der Waals surface area contributed by atoms with E-state index in [0.717, 1.165) is 25.1 Å². The van der Waals surface area contributed by atoms with Crippen molar-refractivity contribution < 1.29 is 14.0 Å². The monoisotopic (exact) mass is 336 g/mol. The molecule has 4 rings (SSSR count). The molecule has 3 aromatic rings. The maximum Gasteiger partial charge on any atom is 0.253 e. The van der Waals surface area contributed by atoms with Gasteiger partial charge in [0.05, 0.1) is 12.1 Å². The van der Waals surface area contributed by atoms with Crippen LogP contribution in [0.4, 0.5) is 4.39 Å². The first-order valence-corrected chi connectivity index (χ1v) is 8.31. The first-order valence-electron chi connectivity index (χ1n) is 8.31. The fourth-order valence-corrected chi connectivity index (χ4v) is 3.39. The van der Waals surface area contributed by atoms with Crippen LogP contribution < -0.4 is 5.32 Å². The lowest BCUT2D eigenvalue weighted by Gasteiger charge is -2.08. The predicted octanol–water partition coefficient (Wildman–Crippen LogP) is 3.34. The molecule has 0 saturated heterocycles. The van der Waals surface area contributed by atoms with Crippen molar-refractivity contribution in [2.45, 2.75) is 19.4 Å². The molecule has 0 fully saturated rings. The summed E-state index contributed by atoms with van der Waals surface area (Å²) in [5.74, 6) is -0.863. The number of Topliss-reactive ketones (excluding diaryl/α,β-unsaturated/α-hetero) is 1. The normalized spacial score (nSPS) is 13.0. The number of hydrogen-bond acceptors (Lipinski definition) is 2. The number of amides is 1. The summed E-state index contributed by atoms with van der Waals surface area (Å²) in [4.78, 5) is 24.8. The first-order chi connectivity index (χ1) is 12.1. The van der Waals surface area contributed by atoms with Gasteiger partial charge in [-0.3, -0.25) is 9.59 Å². The fraction of sp³-hybridized carbons (Fsp3) is 0.200. The Morgan fingerprint density at radius 1 is 1.12 bits per heavy atom. The number of carbonyl (C=O) groups excluding carboxylic acids is 2. The Hall–Kier alpha value is -2.95. The zero-order valence-electron chi connectivity index (χ0n) is 13.6. The SMILES string of the molecule is O=C(NCC(=O)c1ccc(F)c2ccccc12)c1cc2n(c1)CCC2.